The number of hydrogen-bond acceptors (Lipinski definition) is 4. The molecule has 6 nitrogen and oxygen atoms in total. The summed E-state index contributed by atoms with van der Waals surface area (Å²) in [5.41, 5.74) is 1.47. The van der Waals surface area contributed by atoms with E-state index in [9.17, 15) is 8.42 Å². The molecule has 0 fully saturated rings. The Morgan fingerprint density at radius 3 is 2.79 bits per heavy atom. The van der Waals surface area contributed by atoms with Crippen LogP contribution in [-0.4, -0.2) is 25.2 Å². The molecule has 0 radical (unpaired) electrons. The van der Waals surface area contributed by atoms with Crippen LogP contribution >= 0.6 is 0 Å². The average molecular weight is 280 g/mol. The molecule has 0 unspecified atom stereocenters. The zero-order valence-corrected chi connectivity index (χ0v) is 11.4. The van der Waals surface area contributed by atoms with Crippen molar-refractivity contribution in [3.63, 3.8) is 0 Å². The molecule has 0 atom stereocenters. The monoisotopic (exact) mass is 280 g/mol. The van der Waals surface area contributed by atoms with E-state index in [4.69, 9.17) is 0 Å². The second kappa shape index (κ2) is 5.85. The fraction of sp³-hybridized carbons (Fsp3) is 0.250. The van der Waals surface area contributed by atoms with E-state index < -0.39 is 10.0 Å². The molecule has 1 aromatic heterocycles. The van der Waals surface area contributed by atoms with E-state index in [1.165, 1.54) is 12.4 Å². The molecule has 3 N–H and O–H groups in total. The van der Waals surface area contributed by atoms with Gasteiger partial charge < -0.3 is 5.32 Å². The van der Waals surface area contributed by atoms with E-state index in [1.54, 1.807) is 12.1 Å². The minimum absolute atomic E-state index is 0.116. The van der Waals surface area contributed by atoms with Gasteiger partial charge in [-0.15, -0.1) is 0 Å². The first-order valence-corrected chi connectivity index (χ1v) is 7.42. The molecule has 0 saturated carbocycles. The van der Waals surface area contributed by atoms with Gasteiger partial charge >= 0.3 is 0 Å². The van der Waals surface area contributed by atoms with E-state index in [0.717, 1.165) is 12.1 Å². The molecule has 0 saturated heterocycles. The Morgan fingerprint density at radius 1 is 1.32 bits per heavy atom. The van der Waals surface area contributed by atoms with E-state index in [2.05, 4.69) is 20.2 Å². The lowest BCUT2D eigenvalue weighted by molar-refractivity contribution is 0.601. The lowest BCUT2D eigenvalue weighted by Crippen LogP contribution is -2.17. The third-order valence-electron chi connectivity index (χ3n) is 2.61. The topological polar surface area (TPSA) is 86.9 Å². The number of rotatable bonds is 6. The molecule has 2 rings (SSSR count). The molecule has 2 aromatic rings. The summed E-state index contributed by atoms with van der Waals surface area (Å²) in [7, 11) is -3.59. The van der Waals surface area contributed by atoms with Crippen molar-refractivity contribution in [1.82, 2.24) is 15.5 Å². The number of hydrogen-bond donors (Lipinski definition) is 3. The average Bonchev–Trinajstić information content (AvgIpc) is 2.92. The fourth-order valence-electron chi connectivity index (χ4n) is 1.62. The first-order valence-electron chi connectivity index (χ1n) is 5.93. The van der Waals surface area contributed by atoms with Gasteiger partial charge in [0, 0.05) is 12.7 Å². The van der Waals surface area contributed by atoms with Gasteiger partial charge in [-0.1, -0.05) is 25.1 Å². The van der Waals surface area contributed by atoms with E-state index in [1.807, 2.05) is 19.1 Å². The van der Waals surface area contributed by atoms with E-state index >= 15 is 0 Å². The number of sulfonamides is 1. The standard InChI is InChI=1S/C12H16N4O2S/c1-2-13-7-10-5-3-4-6-12(10)16-19(17,18)11-8-14-15-9-11/h3-6,8-9,13,16H,2,7H2,1H3,(H,14,15). The lowest BCUT2D eigenvalue weighted by Gasteiger charge is -2.11. The highest BCUT2D eigenvalue weighted by atomic mass is 32.2. The number of anilines is 1. The van der Waals surface area contributed by atoms with Crippen molar-refractivity contribution in [3.05, 3.63) is 42.2 Å². The van der Waals surface area contributed by atoms with Crippen molar-refractivity contribution in [3.8, 4) is 0 Å². The Bertz CT molecular complexity index is 623. The summed E-state index contributed by atoms with van der Waals surface area (Å²) in [4.78, 5) is 0.116. The number of H-pyrrole nitrogens is 1. The molecular formula is C12H16N4O2S. The largest absolute Gasteiger partial charge is 0.313 e. The summed E-state index contributed by atoms with van der Waals surface area (Å²) in [5.74, 6) is 0. The van der Waals surface area contributed by atoms with E-state index in [0.29, 0.717) is 12.2 Å². The Morgan fingerprint density at radius 2 is 2.11 bits per heavy atom. The summed E-state index contributed by atoms with van der Waals surface area (Å²) >= 11 is 0. The molecule has 0 spiro atoms. The molecule has 0 bridgehead atoms. The smallest absolute Gasteiger partial charge is 0.265 e. The van der Waals surface area contributed by atoms with Gasteiger partial charge in [0.2, 0.25) is 0 Å². The Kier molecular flexibility index (Phi) is 4.18. The van der Waals surface area contributed by atoms with Crippen LogP contribution in [0.25, 0.3) is 0 Å². The second-order valence-electron chi connectivity index (χ2n) is 3.98. The van der Waals surface area contributed by atoms with Gasteiger partial charge in [0.25, 0.3) is 10.0 Å². The number of para-hydroxylation sites is 1. The van der Waals surface area contributed by atoms with Crippen LogP contribution in [0.4, 0.5) is 5.69 Å². The molecule has 7 heteroatoms. The van der Waals surface area contributed by atoms with Gasteiger partial charge in [-0.2, -0.15) is 5.10 Å². The van der Waals surface area contributed by atoms with Crippen molar-refractivity contribution in [2.24, 2.45) is 0 Å². The third-order valence-corrected chi connectivity index (χ3v) is 3.94. The maximum absolute atomic E-state index is 12.1. The molecule has 0 aliphatic heterocycles. The van der Waals surface area contributed by atoms with Crippen molar-refractivity contribution in [2.75, 3.05) is 11.3 Å². The third kappa shape index (κ3) is 3.33. The summed E-state index contributed by atoms with van der Waals surface area (Å²) < 4.78 is 26.8. The van der Waals surface area contributed by atoms with Crippen molar-refractivity contribution < 1.29 is 8.42 Å². The number of benzene rings is 1. The van der Waals surface area contributed by atoms with Crippen LogP contribution in [0, 0.1) is 0 Å². The number of aromatic amines is 1. The van der Waals surface area contributed by atoms with Gasteiger partial charge in [-0.3, -0.25) is 9.82 Å². The minimum Gasteiger partial charge on any atom is -0.313 e. The van der Waals surface area contributed by atoms with Crippen LogP contribution in [0.5, 0.6) is 0 Å². The quantitative estimate of drug-likeness (QED) is 0.745. The van der Waals surface area contributed by atoms with Crippen LogP contribution in [0.3, 0.4) is 0 Å². The van der Waals surface area contributed by atoms with Crippen LogP contribution in [-0.2, 0) is 16.6 Å². The molecule has 102 valence electrons. The van der Waals surface area contributed by atoms with Gasteiger partial charge in [-0.05, 0) is 18.2 Å². The van der Waals surface area contributed by atoms with Gasteiger partial charge in [0.05, 0.1) is 11.9 Å². The van der Waals surface area contributed by atoms with Crippen LogP contribution in [0.2, 0.25) is 0 Å². The zero-order valence-electron chi connectivity index (χ0n) is 10.6. The number of nitrogens with one attached hydrogen (secondary N) is 3. The van der Waals surface area contributed by atoms with Gasteiger partial charge in [0.15, 0.2) is 0 Å². The summed E-state index contributed by atoms with van der Waals surface area (Å²) in [6, 6.07) is 7.30. The van der Waals surface area contributed by atoms with Crippen LogP contribution in [0.1, 0.15) is 12.5 Å². The first-order chi connectivity index (χ1) is 9.13. The maximum atomic E-state index is 12.1. The molecule has 0 aliphatic rings. The van der Waals surface area contributed by atoms with Crippen LogP contribution in [0.15, 0.2) is 41.6 Å². The molecule has 0 aliphatic carbocycles. The highest BCUT2D eigenvalue weighted by Crippen LogP contribution is 2.19. The van der Waals surface area contributed by atoms with E-state index in [-0.39, 0.29) is 4.90 Å². The van der Waals surface area contributed by atoms with Gasteiger partial charge in [-0.25, -0.2) is 8.42 Å². The highest BCUT2D eigenvalue weighted by Gasteiger charge is 2.16. The predicted molar refractivity (Wildman–Crippen MR) is 73.2 cm³/mol. The Hall–Kier alpha value is -1.86. The first kappa shape index (κ1) is 13.6. The number of nitrogens with zero attached hydrogens (tertiary/aromatic N) is 1. The van der Waals surface area contributed by atoms with Crippen LogP contribution < -0.4 is 10.0 Å². The minimum atomic E-state index is -3.59. The normalized spacial score (nSPS) is 11.4. The second-order valence-corrected chi connectivity index (χ2v) is 5.66. The van der Waals surface area contributed by atoms with Gasteiger partial charge in [0.1, 0.15) is 4.90 Å². The SMILES string of the molecule is CCNCc1ccccc1NS(=O)(=O)c1cn[nH]c1. The Balaban J connectivity index is 2.24. The van der Waals surface area contributed by atoms with Crippen molar-refractivity contribution in [1.29, 1.82) is 0 Å². The summed E-state index contributed by atoms with van der Waals surface area (Å²) in [5, 5.41) is 9.31. The summed E-state index contributed by atoms with van der Waals surface area (Å²) in [6.45, 7) is 3.43. The summed E-state index contributed by atoms with van der Waals surface area (Å²) in [6.07, 6.45) is 2.62. The predicted octanol–water partition coefficient (Wildman–Crippen LogP) is 1.32. The molecule has 19 heavy (non-hydrogen) atoms. The van der Waals surface area contributed by atoms with Crippen molar-refractivity contribution >= 4 is 15.7 Å². The molecular weight excluding hydrogens is 264 g/mol. The maximum Gasteiger partial charge on any atom is 0.265 e. The highest BCUT2D eigenvalue weighted by molar-refractivity contribution is 7.92. The van der Waals surface area contributed by atoms with Crippen molar-refractivity contribution in [2.45, 2.75) is 18.4 Å². The molecule has 0 amide bonds. The Labute approximate surface area is 112 Å². The lowest BCUT2D eigenvalue weighted by atomic mass is 10.2. The zero-order chi connectivity index (χ0) is 13.7. The fourth-order valence-corrected chi connectivity index (χ4v) is 2.63. The number of aromatic nitrogens is 2. The molecule has 1 heterocycles. The molecule has 1 aromatic carbocycles.